The van der Waals surface area contributed by atoms with E-state index in [1.807, 2.05) is 0 Å². The summed E-state index contributed by atoms with van der Waals surface area (Å²) in [5.41, 5.74) is 0. The van der Waals surface area contributed by atoms with E-state index in [0.717, 1.165) is 11.0 Å². The van der Waals surface area contributed by atoms with E-state index in [0.29, 0.717) is 9.52 Å². The minimum absolute atomic E-state index is 0.710. The van der Waals surface area contributed by atoms with Crippen molar-refractivity contribution in [1.29, 1.82) is 0 Å². The third-order valence-corrected chi connectivity index (χ3v) is 6.88. The summed E-state index contributed by atoms with van der Waals surface area (Å²) < 4.78 is 0. The summed E-state index contributed by atoms with van der Waals surface area (Å²) >= 11 is 0. The van der Waals surface area contributed by atoms with E-state index in [2.05, 4.69) is 20.8 Å². The number of hydrogen-bond acceptors (Lipinski definition) is 0. The third-order valence-electron chi connectivity index (χ3n) is 4.40. The van der Waals surface area contributed by atoms with Crippen molar-refractivity contribution >= 4 is 9.52 Å². The standard InChI is InChI=1S/C14H29Si/c1-4-5-6-9-12-15-14(3)11-8-7-10-13(14)2/h13,15H,4-12H2,1-3H3. The Kier molecular flexibility index (Phi) is 5.96. The lowest BCUT2D eigenvalue weighted by atomic mass is 9.81. The largest absolute Gasteiger partial charge is 0.0654 e. The fourth-order valence-electron chi connectivity index (χ4n) is 2.84. The van der Waals surface area contributed by atoms with Gasteiger partial charge in [-0.05, 0) is 11.0 Å². The van der Waals surface area contributed by atoms with Crippen molar-refractivity contribution < 1.29 is 0 Å². The van der Waals surface area contributed by atoms with Gasteiger partial charge in [0.2, 0.25) is 0 Å². The van der Waals surface area contributed by atoms with E-state index in [-0.39, 0.29) is 0 Å². The Morgan fingerprint density at radius 3 is 2.67 bits per heavy atom. The number of rotatable bonds is 6. The average Bonchev–Trinajstić information content (AvgIpc) is 2.23. The maximum atomic E-state index is 2.58. The molecule has 0 saturated heterocycles. The van der Waals surface area contributed by atoms with E-state index in [1.165, 1.54) is 51.4 Å². The maximum Gasteiger partial charge on any atom is 0.0355 e. The van der Waals surface area contributed by atoms with Crippen molar-refractivity contribution in [2.75, 3.05) is 0 Å². The highest BCUT2D eigenvalue weighted by molar-refractivity contribution is 6.40. The molecule has 1 heteroatoms. The van der Waals surface area contributed by atoms with Gasteiger partial charge in [-0.15, -0.1) is 0 Å². The van der Waals surface area contributed by atoms with Gasteiger partial charge in [0.1, 0.15) is 0 Å². The third kappa shape index (κ3) is 4.30. The smallest absolute Gasteiger partial charge is 0.0355 e. The van der Waals surface area contributed by atoms with Gasteiger partial charge < -0.3 is 0 Å². The molecule has 0 spiro atoms. The normalized spacial score (nSPS) is 31.8. The van der Waals surface area contributed by atoms with Crippen molar-refractivity contribution in [3.05, 3.63) is 0 Å². The first-order chi connectivity index (χ1) is 7.19. The summed E-state index contributed by atoms with van der Waals surface area (Å²) in [6, 6.07) is 1.56. The molecule has 15 heavy (non-hydrogen) atoms. The van der Waals surface area contributed by atoms with Crippen molar-refractivity contribution in [3.8, 4) is 0 Å². The van der Waals surface area contributed by atoms with Crippen LogP contribution in [-0.4, -0.2) is 9.52 Å². The molecule has 0 aromatic rings. The SMILES string of the molecule is CCCCCC[SiH]C1(C)CCCCC1C. The Morgan fingerprint density at radius 1 is 1.20 bits per heavy atom. The van der Waals surface area contributed by atoms with Crippen molar-refractivity contribution in [2.24, 2.45) is 5.92 Å². The summed E-state index contributed by atoms with van der Waals surface area (Å²) in [7, 11) is 0.710. The second kappa shape index (κ2) is 6.73. The van der Waals surface area contributed by atoms with Gasteiger partial charge in [0, 0.05) is 9.52 Å². The summed E-state index contributed by atoms with van der Waals surface area (Å²) in [6.07, 6.45) is 11.8. The lowest BCUT2D eigenvalue weighted by molar-refractivity contribution is 0.291. The molecule has 2 unspecified atom stereocenters. The van der Waals surface area contributed by atoms with Gasteiger partial charge in [0.25, 0.3) is 0 Å². The Labute approximate surface area is 99.1 Å². The molecule has 2 atom stereocenters. The average molecular weight is 225 g/mol. The Bertz CT molecular complexity index is 167. The van der Waals surface area contributed by atoms with E-state index < -0.39 is 0 Å². The topological polar surface area (TPSA) is 0 Å². The van der Waals surface area contributed by atoms with Gasteiger partial charge in [0.15, 0.2) is 0 Å². The molecule has 1 rings (SSSR count). The quantitative estimate of drug-likeness (QED) is 0.449. The van der Waals surface area contributed by atoms with Gasteiger partial charge in [-0.3, -0.25) is 0 Å². The predicted octanol–water partition coefficient (Wildman–Crippen LogP) is 4.81. The molecule has 1 saturated carbocycles. The fraction of sp³-hybridized carbons (Fsp3) is 1.00. The molecule has 1 aliphatic carbocycles. The van der Waals surface area contributed by atoms with Crippen LogP contribution in [0.4, 0.5) is 0 Å². The van der Waals surface area contributed by atoms with Crippen LogP contribution in [0.5, 0.6) is 0 Å². The van der Waals surface area contributed by atoms with Crippen LogP contribution in [0.15, 0.2) is 0 Å². The highest BCUT2D eigenvalue weighted by Gasteiger charge is 2.32. The van der Waals surface area contributed by atoms with Crippen LogP contribution in [0.1, 0.15) is 72.1 Å². The van der Waals surface area contributed by atoms with Crippen LogP contribution < -0.4 is 0 Å². The molecule has 0 amide bonds. The highest BCUT2D eigenvalue weighted by atomic mass is 28.2. The number of unbranched alkanes of at least 4 members (excludes halogenated alkanes) is 3. The minimum atomic E-state index is 0.710. The first kappa shape index (κ1) is 13.3. The second-order valence-corrected chi connectivity index (χ2v) is 8.01. The first-order valence-electron chi connectivity index (χ1n) is 7.03. The van der Waals surface area contributed by atoms with Crippen LogP contribution in [-0.2, 0) is 0 Å². The first-order valence-corrected chi connectivity index (χ1v) is 8.43. The summed E-state index contributed by atoms with van der Waals surface area (Å²) in [6.45, 7) is 7.38. The molecule has 0 heterocycles. The van der Waals surface area contributed by atoms with Crippen LogP contribution in [0.2, 0.25) is 11.1 Å². The molecule has 1 fully saturated rings. The Morgan fingerprint density at radius 2 is 2.00 bits per heavy atom. The summed E-state index contributed by atoms with van der Waals surface area (Å²) in [5, 5.41) is 0.768. The second-order valence-electron chi connectivity index (χ2n) is 5.71. The van der Waals surface area contributed by atoms with Crippen LogP contribution in [0.25, 0.3) is 0 Å². The molecular formula is C14H29Si. The maximum absolute atomic E-state index is 2.58. The van der Waals surface area contributed by atoms with E-state index >= 15 is 0 Å². The van der Waals surface area contributed by atoms with Gasteiger partial charge in [0.05, 0.1) is 0 Å². The minimum Gasteiger partial charge on any atom is -0.0654 e. The zero-order valence-corrected chi connectivity index (χ0v) is 12.2. The van der Waals surface area contributed by atoms with Gasteiger partial charge in [-0.2, -0.15) is 0 Å². The molecule has 0 bridgehead atoms. The fourth-order valence-corrected chi connectivity index (χ4v) is 4.97. The molecule has 1 aliphatic rings. The van der Waals surface area contributed by atoms with Crippen LogP contribution in [0, 0.1) is 5.92 Å². The molecule has 0 aromatic carbocycles. The molecular weight excluding hydrogens is 196 g/mol. The Balaban J connectivity index is 2.17. The van der Waals surface area contributed by atoms with Crippen LogP contribution >= 0.6 is 0 Å². The predicted molar refractivity (Wildman–Crippen MR) is 72.1 cm³/mol. The van der Waals surface area contributed by atoms with E-state index in [9.17, 15) is 0 Å². The molecule has 0 aliphatic heterocycles. The lowest BCUT2D eigenvalue weighted by Crippen LogP contribution is -2.28. The van der Waals surface area contributed by atoms with Crippen molar-refractivity contribution in [3.63, 3.8) is 0 Å². The molecule has 89 valence electrons. The monoisotopic (exact) mass is 225 g/mol. The van der Waals surface area contributed by atoms with E-state index in [4.69, 9.17) is 0 Å². The van der Waals surface area contributed by atoms with Crippen molar-refractivity contribution in [1.82, 2.24) is 0 Å². The zero-order valence-electron chi connectivity index (χ0n) is 11.0. The van der Waals surface area contributed by atoms with Gasteiger partial charge in [-0.25, -0.2) is 0 Å². The van der Waals surface area contributed by atoms with Gasteiger partial charge >= 0.3 is 0 Å². The molecule has 1 radical (unpaired) electrons. The molecule has 0 nitrogen and oxygen atoms in total. The zero-order chi connectivity index (χ0) is 11.1. The molecule has 0 aromatic heterocycles. The van der Waals surface area contributed by atoms with Gasteiger partial charge in [-0.1, -0.05) is 78.2 Å². The molecule has 0 N–H and O–H groups in total. The highest BCUT2D eigenvalue weighted by Crippen LogP contribution is 2.46. The number of hydrogen-bond donors (Lipinski definition) is 0. The van der Waals surface area contributed by atoms with Crippen LogP contribution in [0.3, 0.4) is 0 Å². The van der Waals surface area contributed by atoms with Crippen molar-refractivity contribution in [2.45, 2.75) is 83.2 Å². The van der Waals surface area contributed by atoms with E-state index in [1.54, 1.807) is 6.04 Å². The summed E-state index contributed by atoms with van der Waals surface area (Å²) in [4.78, 5) is 0. The lowest BCUT2D eigenvalue weighted by Gasteiger charge is -2.39. The summed E-state index contributed by atoms with van der Waals surface area (Å²) in [5.74, 6) is 1.01. The Hall–Kier alpha value is 0.217.